The molecule has 2 aliphatic heterocycles. The highest BCUT2D eigenvalue weighted by Gasteiger charge is 2.62. The molecule has 6 rings (SSSR count). The number of hydrogen-bond acceptors (Lipinski definition) is 8. The first-order valence-corrected chi connectivity index (χ1v) is 15.6. The number of rotatable bonds is 5. The van der Waals surface area contributed by atoms with Crippen molar-refractivity contribution in [2.45, 2.75) is 67.8 Å². The van der Waals surface area contributed by atoms with Crippen molar-refractivity contribution in [3.05, 3.63) is 42.5 Å². The van der Waals surface area contributed by atoms with Gasteiger partial charge in [0.1, 0.15) is 11.6 Å². The van der Waals surface area contributed by atoms with E-state index in [9.17, 15) is 22.8 Å². The van der Waals surface area contributed by atoms with E-state index in [1.807, 2.05) is 42.5 Å². The van der Waals surface area contributed by atoms with E-state index in [0.29, 0.717) is 25.2 Å². The molecule has 0 unspecified atom stereocenters. The Bertz CT molecular complexity index is 1470. The Morgan fingerprint density at radius 3 is 2.68 bits per heavy atom. The summed E-state index contributed by atoms with van der Waals surface area (Å²) < 4.78 is 27.4. The maximum absolute atomic E-state index is 13.8. The van der Waals surface area contributed by atoms with Crippen molar-refractivity contribution in [2.75, 3.05) is 20.1 Å². The molecule has 0 bridgehead atoms. The second-order valence-electron chi connectivity index (χ2n) is 11.4. The number of tetrazole rings is 1. The van der Waals surface area contributed by atoms with E-state index in [1.165, 1.54) is 9.70 Å². The Labute approximate surface area is 238 Å². The number of sulfonamides is 1. The number of aromatic nitrogens is 4. The van der Waals surface area contributed by atoms with E-state index in [4.69, 9.17) is 0 Å². The molecule has 218 valence electrons. The van der Waals surface area contributed by atoms with Crippen molar-refractivity contribution >= 4 is 27.9 Å². The van der Waals surface area contributed by atoms with Gasteiger partial charge in [0.15, 0.2) is 0 Å². The van der Waals surface area contributed by atoms with Gasteiger partial charge in [-0.15, -0.1) is 10.2 Å². The first kappa shape index (κ1) is 27.4. The standard InChI is InChI=1S/C27H34N8O5S/c1-33-14-8-3-2-7-11-19-16-27(19,25(37)31-41(39,40)21-12-13-21)28-24(36)22-15-20(17-34(22)26(33)38)35-30-23(29-32-35)18-9-5-4-6-10-18/h4-7,9-11,19-22H,2-3,8,12-17H2,1H3,(H,28,36)(H,31,37)/b11-7-/t19-,20+,22-,27-/m0/s1. The molecule has 41 heavy (non-hydrogen) atoms. The summed E-state index contributed by atoms with van der Waals surface area (Å²) in [5.74, 6) is -1.13. The molecule has 13 nitrogen and oxygen atoms in total. The molecule has 2 aliphatic carbocycles. The van der Waals surface area contributed by atoms with E-state index in [0.717, 1.165) is 24.8 Å². The fraction of sp³-hybridized carbons (Fsp3) is 0.556. The number of nitrogens with one attached hydrogen (secondary N) is 2. The molecule has 1 saturated heterocycles. The number of benzene rings is 1. The van der Waals surface area contributed by atoms with Gasteiger partial charge in [0.05, 0.1) is 11.3 Å². The van der Waals surface area contributed by atoms with Crippen molar-refractivity contribution in [3.8, 4) is 11.4 Å². The molecule has 2 N–H and O–H groups in total. The topological polar surface area (TPSA) is 159 Å². The zero-order chi connectivity index (χ0) is 28.8. The van der Waals surface area contributed by atoms with Crippen molar-refractivity contribution in [2.24, 2.45) is 5.92 Å². The van der Waals surface area contributed by atoms with Crippen LogP contribution < -0.4 is 10.0 Å². The van der Waals surface area contributed by atoms with Crippen LogP contribution in [0.5, 0.6) is 0 Å². The highest BCUT2D eigenvalue weighted by Crippen LogP contribution is 2.46. The molecule has 3 fully saturated rings. The zero-order valence-corrected chi connectivity index (χ0v) is 23.7. The van der Waals surface area contributed by atoms with Crippen molar-refractivity contribution in [1.82, 2.24) is 40.0 Å². The van der Waals surface area contributed by atoms with Gasteiger partial charge in [-0.05, 0) is 43.7 Å². The molecule has 0 radical (unpaired) electrons. The molecule has 0 spiro atoms. The largest absolute Gasteiger partial charge is 0.339 e. The van der Waals surface area contributed by atoms with Crippen LogP contribution in [0.1, 0.15) is 51.0 Å². The summed E-state index contributed by atoms with van der Waals surface area (Å²) in [5, 5.41) is 15.2. The van der Waals surface area contributed by atoms with E-state index >= 15 is 0 Å². The van der Waals surface area contributed by atoms with Gasteiger partial charge >= 0.3 is 6.03 Å². The first-order chi connectivity index (χ1) is 19.7. The van der Waals surface area contributed by atoms with Gasteiger partial charge in [-0.3, -0.25) is 14.3 Å². The fourth-order valence-corrected chi connectivity index (χ4v) is 7.04. The summed E-state index contributed by atoms with van der Waals surface area (Å²) in [6.45, 7) is 0.723. The molecule has 1 aromatic carbocycles. The summed E-state index contributed by atoms with van der Waals surface area (Å²) in [7, 11) is -2.09. The minimum Gasteiger partial charge on any atom is -0.339 e. The quantitative estimate of drug-likeness (QED) is 0.498. The number of nitrogens with zero attached hydrogens (tertiary/aromatic N) is 6. The van der Waals surface area contributed by atoms with Gasteiger partial charge in [0.2, 0.25) is 21.8 Å². The average Bonchev–Trinajstić information content (AvgIpc) is 3.82. The summed E-state index contributed by atoms with van der Waals surface area (Å²) in [4.78, 5) is 45.3. The molecule has 3 heterocycles. The predicted molar refractivity (Wildman–Crippen MR) is 147 cm³/mol. The molecule has 2 saturated carbocycles. The summed E-state index contributed by atoms with van der Waals surface area (Å²) >= 11 is 0. The Hall–Kier alpha value is -3.81. The smallest absolute Gasteiger partial charge is 0.320 e. The molecule has 1 aromatic heterocycles. The van der Waals surface area contributed by atoms with Gasteiger partial charge < -0.3 is 15.1 Å². The molecule has 14 heteroatoms. The van der Waals surface area contributed by atoms with E-state index < -0.39 is 44.7 Å². The van der Waals surface area contributed by atoms with Crippen LogP contribution in [0.2, 0.25) is 0 Å². The number of hydrogen-bond donors (Lipinski definition) is 2. The lowest BCUT2D eigenvalue weighted by molar-refractivity contribution is -0.131. The third-order valence-corrected chi connectivity index (χ3v) is 10.2. The number of allylic oxidation sites excluding steroid dienone is 1. The Morgan fingerprint density at radius 1 is 1.15 bits per heavy atom. The first-order valence-electron chi connectivity index (χ1n) is 14.1. The van der Waals surface area contributed by atoms with Gasteiger partial charge in [-0.25, -0.2) is 13.2 Å². The van der Waals surface area contributed by atoms with Crippen LogP contribution in [0.15, 0.2) is 42.5 Å². The van der Waals surface area contributed by atoms with Crippen LogP contribution in [0, 0.1) is 5.92 Å². The third kappa shape index (κ3) is 5.44. The molecular weight excluding hydrogens is 548 g/mol. The van der Waals surface area contributed by atoms with Crippen LogP contribution >= 0.6 is 0 Å². The highest BCUT2D eigenvalue weighted by molar-refractivity contribution is 7.91. The lowest BCUT2D eigenvalue weighted by atomic mass is 10.1. The van der Waals surface area contributed by atoms with Crippen LogP contribution in [-0.2, 0) is 19.6 Å². The fourth-order valence-electron chi connectivity index (χ4n) is 5.68. The van der Waals surface area contributed by atoms with Gasteiger partial charge in [0.25, 0.3) is 5.91 Å². The molecule has 2 aromatic rings. The summed E-state index contributed by atoms with van der Waals surface area (Å²) in [5.41, 5.74) is -0.587. The number of carbonyl (C=O) groups excluding carboxylic acids is 3. The number of urea groups is 1. The van der Waals surface area contributed by atoms with E-state index in [-0.39, 0.29) is 31.3 Å². The second kappa shape index (κ2) is 10.5. The minimum atomic E-state index is -3.80. The zero-order valence-electron chi connectivity index (χ0n) is 22.8. The van der Waals surface area contributed by atoms with E-state index in [1.54, 1.807) is 11.9 Å². The predicted octanol–water partition coefficient (Wildman–Crippen LogP) is 1.23. The summed E-state index contributed by atoms with van der Waals surface area (Å²) in [6, 6.07) is 7.77. The minimum absolute atomic E-state index is 0.185. The van der Waals surface area contributed by atoms with Crippen LogP contribution in [-0.4, -0.2) is 93.2 Å². The van der Waals surface area contributed by atoms with Crippen molar-refractivity contribution < 1.29 is 22.8 Å². The highest BCUT2D eigenvalue weighted by atomic mass is 32.2. The van der Waals surface area contributed by atoms with E-state index in [2.05, 4.69) is 25.4 Å². The maximum atomic E-state index is 13.8. The van der Waals surface area contributed by atoms with Crippen LogP contribution in [0.25, 0.3) is 11.4 Å². The van der Waals surface area contributed by atoms with Crippen LogP contribution in [0.4, 0.5) is 4.79 Å². The van der Waals surface area contributed by atoms with Crippen molar-refractivity contribution in [3.63, 3.8) is 0 Å². The maximum Gasteiger partial charge on any atom is 0.320 e. The summed E-state index contributed by atoms with van der Waals surface area (Å²) in [6.07, 6.45) is 7.77. The monoisotopic (exact) mass is 582 g/mol. The molecular formula is C27H34N8O5S. The Morgan fingerprint density at radius 2 is 1.93 bits per heavy atom. The lowest BCUT2D eigenvalue weighted by Crippen LogP contribution is -2.57. The van der Waals surface area contributed by atoms with Crippen molar-refractivity contribution in [1.29, 1.82) is 0 Å². The third-order valence-electron chi connectivity index (χ3n) is 8.39. The van der Waals surface area contributed by atoms with Gasteiger partial charge in [-0.2, -0.15) is 4.80 Å². The lowest BCUT2D eigenvalue weighted by Gasteiger charge is -2.30. The van der Waals surface area contributed by atoms with Crippen LogP contribution in [0.3, 0.4) is 0 Å². The number of carbonyl (C=O) groups is 3. The Kier molecular flexibility index (Phi) is 7.04. The number of fused-ring (bicyclic) bond motifs is 2. The second-order valence-corrected chi connectivity index (χ2v) is 13.4. The Balaban J connectivity index is 1.27. The van der Waals surface area contributed by atoms with Gasteiger partial charge in [0, 0.05) is 38.0 Å². The average molecular weight is 583 g/mol. The number of amides is 4. The van der Waals surface area contributed by atoms with Gasteiger partial charge in [-0.1, -0.05) is 42.5 Å². The molecule has 4 aliphatic rings. The molecule has 4 amide bonds. The normalized spacial score (nSPS) is 29.6. The molecule has 4 atom stereocenters. The SMILES string of the molecule is CN1CCCC/C=C\[C@H]2C[C@]2(C(=O)NS(=O)(=O)C2CC2)NC(=O)[C@@H]2C[C@@H](n3nnc(-c4ccccc4)n3)CN2C1=O.